The number of rotatable bonds is 2. The topological polar surface area (TPSA) is 80.9 Å². The number of carbonyl (C=O) groups is 1. The minimum atomic E-state index is -0.223. The maximum atomic E-state index is 12.2. The van der Waals surface area contributed by atoms with Crippen LogP contribution in [0, 0.1) is 6.92 Å². The van der Waals surface area contributed by atoms with E-state index in [1.807, 2.05) is 27.7 Å². The second-order valence-corrected chi connectivity index (χ2v) is 6.88. The fourth-order valence-corrected chi connectivity index (χ4v) is 2.31. The Morgan fingerprint density at radius 1 is 1.35 bits per heavy atom. The third-order valence-electron chi connectivity index (χ3n) is 2.72. The van der Waals surface area contributed by atoms with Gasteiger partial charge in [0.15, 0.2) is 5.13 Å². The number of pyridine rings is 1. The Hall–Kier alpha value is -1.95. The molecule has 2 rings (SSSR count). The summed E-state index contributed by atoms with van der Waals surface area (Å²) in [4.78, 5) is 21.7. The average molecular weight is 290 g/mol. The van der Waals surface area contributed by atoms with Gasteiger partial charge in [-0.3, -0.25) is 10.1 Å². The molecule has 0 unspecified atom stereocenters. The second kappa shape index (κ2) is 5.20. The molecule has 0 spiro atoms. The molecule has 0 bridgehead atoms. The minimum absolute atomic E-state index is 0.165. The van der Waals surface area contributed by atoms with E-state index < -0.39 is 0 Å². The zero-order valence-corrected chi connectivity index (χ0v) is 12.8. The number of nitrogens with two attached hydrogens (primary N) is 1. The van der Waals surface area contributed by atoms with Crippen molar-refractivity contribution in [3.8, 4) is 0 Å². The first kappa shape index (κ1) is 14.5. The average Bonchev–Trinajstić information content (AvgIpc) is 2.72. The van der Waals surface area contributed by atoms with Gasteiger partial charge in [0.2, 0.25) is 0 Å². The van der Waals surface area contributed by atoms with E-state index in [1.54, 1.807) is 18.3 Å². The normalized spacial score (nSPS) is 11.4. The van der Waals surface area contributed by atoms with Gasteiger partial charge in [0.25, 0.3) is 5.91 Å². The maximum absolute atomic E-state index is 12.2. The number of aromatic nitrogens is 2. The molecule has 0 saturated heterocycles. The number of hydrogen-bond donors (Lipinski definition) is 2. The van der Waals surface area contributed by atoms with Gasteiger partial charge < -0.3 is 5.73 Å². The van der Waals surface area contributed by atoms with Crippen molar-refractivity contribution in [3.63, 3.8) is 0 Å². The first-order valence-electron chi connectivity index (χ1n) is 6.27. The number of carbonyl (C=O) groups excluding carboxylic acids is 1. The van der Waals surface area contributed by atoms with Crippen molar-refractivity contribution in [2.75, 3.05) is 11.1 Å². The first-order chi connectivity index (χ1) is 9.25. The molecule has 3 N–H and O–H groups in total. The fourth-order valence-electron chi connectivity index (χ4n) is 1.65. The summed E-state index contributed by atoms with van der Waals surface area (Å²) in [7, 11) is 0. The molecule has 0 aromatic carbocycles. The lowest BCUT2D eigenvalue weighted by atomic mass is 9.90. The molecular weight excluding hydrogens is 272 g/mol. The molecule has 2 aromatic rings. The van der Waals surface area contributed by atoms with Gasteiger partial charge >= 0.3 is 0 Å². The lowest BCUT2D eigenvalue weighted by molar-refractivity contribution is 0.102. The zero-order chi connectivity index (χ0) is 14.9. The fraction of sp³-hybridized carbons (Fsp3) is 0.357. The molecule has 0 saturated carbocycles. The summed E-state index contributed by atoms with van der Waals surface area (Å²) in [6.45, 7) is 8.03. The van der Waals surface area contributed by atoms with Gasteiger partial charge in [-0.15, -0.1) is 11.3 Å². The van der Waals surface area contributed by atoms with E-state index in [0.29, 0.717) is 16.5 Å². The minimum Gasteiger partial charge on any atom is -0.384 e. The van der Waals surface area contributed by atoms with Crippen molar-refractivity contribution < 1.29 is 4.79 Å². The third kappa shape index (κ3) is 3.33. The highest BCUT2D eigenvalue weighted by molar-refractivity contribution is 7.15. The molecule has 0 atom stereocenters. The summed E-state index contributed by atoms with van der Waals surface area (Å²) in [5, 5.41) is 3.35. The zero-order valence-electron chi connectivity index (χ0n) is 12.0. The van der Waals surface area contributed by atoms with Gasteiger partial charge in [-0.1, -0.05) is 20.8 Å². The molecule has 0 aliphatic carbocycles. The van der Waals surface area contributed by atoms with Crippen LogP contribution < -0.4 is 11.1 Å². The molecule has 0 aliphatic rings. The highest BCUT2D eigenvalue weighted by atomic mass is 32.1. The first-order valence-corrected chi connectivity index (χ1v) is 7.09. The molecule has 106 valence electrons. The van der Waals surface area contributed by atoms with Crippen LogP contribution in [0.2, 0.25) is 0 Å². The number of nitrogens with one attached hydrogen (secondary N) is 1. The van der Waals surface area contributed by atoms with Crippen molar-refractivity contribution in [3.05, 3.63) is 34.5 Å². The third-order valence-corrected chi connectivity index (χ3v) is 3.55. The maximum Gasteiger partial charge on any atom is 0.257 e. The van der Waals surface area contributed by atoms with Crippen LogP contribution in [0.5, 0.6) is 0 Å². The molecule has 0 aliphatic heterocycles. The molecule has 20 heavy (non-hydrogen) atoms. The SMILES string of the molecule is Cc1cnc(NC(=O)c2cc(N)nc(C(C)(C)C)c2)s1. The van der Waals surface area contributed by atoms with E-state index in [9.17, 15) is 4.79 Å². The summed E-state index contributed by atoms with van der Waals surface area (Å²) in [6.07, 6.45) is 1.72. The van der Waals surface area contributed by atoms with Gasteiger partial charge in [0, 0.05) is 27.7 Å². The highest BCUT2D eigenvalue weighted by Crippen LogP contribution is 2.23. The Labute approximate surface area is 122 Å². The van der Waals surface area contributed by atoms with Crippen molar-refractivity contribution in [2.45, 2.75) is 33.1 Å². The van der Waals surface area contributed by atoms with E-state index >= 15 is 0 Å². The predicted octanol–water partition coefficient (Wildman–Crippen LogP) is 2.98. The number of hydrogen-bond acceptors (Lipinski definition) is 5. The van der Waals surface area contributed by atoms with E-state index in [2.05, 4.69) is 15.3 Å². The molecule has 2 heterocycles. The van der Waals surface area contributed by atoms with Gasteiger partial charge in [0.1, 0.15) is 5.82 Å². The van der Waals surface area contributed by atoms with Crippen LogP contribution >= 0.6 is 11.3 Å². The summed E-state index contributed by atoms with van der Waals surface area (Å²) in [5.41, 5.74) is 6.91. The number of aryl methyl sites for hydroxylation is 1. The largest absolute Gasteiger partial charge is 0.384 e. The smallest absolute Gasteiger partial charge is 0.257 e. The van der Waals surface area contributed by atoms with Crippen molar-refractivity contribution >= 4 is 28.2 Å². The van der Waals surface area contributed by atoms with Gasteiger partial charge in [-0.2, -0.15) is 0 Å². The van der Waals surface area contributed by atoms with E-state index in [0.717, 1.165) is 10.6 Å². The van der Waals surface area contributed by atoms with Crippen LogP contribution in [0.4, 0.5) is 10.9 Å². The molecular formula is C14H18N4OS. The molecule has 0 radical (unpaired) electrons. The lowest BCUT2D eigenvalue weighted by Gasteiger charge is -2.18. The van der Waals surface area contributed by atoms with Crippen molar-refractivity contribution in [2.24, 2.45) is 0 Å². The lowest BCUT2D eigenvalue weighted by Crippen LogP contribution is -2.18. The summed E-state index contributed by atoms with van der Waals surface area (Å²) < 4.78 is 0. The quantitative estimate of drug-likeness (QED) is 0.891. The summed E-state index contributed by atoms with van der Waals surface area (Å²) >= 11 is 1.43. The Morgan fingerprint density at radius 2 is 2.05 bits per heavy atom. The highest BCUT2D eigenvalue weighted by Gasteiger charge is 2.19. The predicted molar refractivity (Wildman–Crippen MR) is 82.2 cm³/mol. The second-order valence-electron chi connectivity index (χ2n) is 5.65. The van der Waals surface area contributed by atoms with Gasteiger partial charge in [-0.25, -0.2) is 9.97 Å². The van der Waals surface area contributed by atoms with Crippen LogP contribution in [0.1, 0.15) is 41.7 Å². The Balaban J connectivity index is 2.28. The monoisotopic (exact) mass is 290 g/mol. The van der Waals surface area contributed by atoms with Crippen molar-refractivity contribution in [1.82, 2.24) is 9.97 Å². The van der Waals surface area contributed by atoms with E-state index in [-0.39, 0.29) is 11.3 Å². The Kier molecular flexibility index (Phi) is 3.76. The van der Waals surface area contributed by atoms with E-state index in [1.165, 1.54) is 11.3 Å². The number of amides is 1. The molecule has 5 nitrogen and oxygen atoms in total. The number of nitrogens with zero attached hydrogens (tertiary/aromatic N) is 2. The van der Waals surface area contributed by atoms with Crippen LogP contribution in [-0.2, 0) is 5.41 Å². The number of thiazole rings is 1. The summed E-state index contributed by atoms with van der Waals surface area (Å²) in [6, 6.07) is 3.34. The van der Waals surface area contributed by atoms with Crippen LogP contribution in [0.3, 0.4) is 0 Å². The van der Waals surface area contributed by atoms with Gasteiger partial charge in [-0.05, 0) is 19.1 Å². The Bertz CT molecular complexity index is 643. The molecule has 6 heteroatoms. The number of nitrogen functional groups attached to an aromatic ring is 1. The Morgan fingerprint density at radius 3 is 2.60 bits per heavy atom. The molecule has 1 amide bonds. The summed E-state index contributed by atoms with van der Waals surface area (Å²) in [5.74, 6) is 0.122. The van der Waals surface area contributed by atoms with Crippen molar-refractivity contribution in [1.29, 1.82) is 0 Å². The van der Waals surface area contributed by atoms with Crippen LogP contribution in [0.15, 0.2) is 18.3 Å². The van der Waals surface area contributed by atoms with Crippen LogP contribution in [-0.4, -0.2) is 15.9 Å². The standard InChI is InChI=1S/C14H18N4OS/c1-8-7-16-13(20-8)18-12(19)9-5-10(14(2,3)4)17-11(15)6-9/h5-7H,1-4H3,(H2,15,17)(H,16,18,19). The number of anilines is 2. The molecule has 2 aromatic heterocycles. The van der Waals surface area contributed by atoms with Gasteiger partial charge in [0.05, 0.1) is 0 Å². The molecule has 0 fully saturated rings. The van der Waals surface area contributed by atoms with E-state index in [4.69, 9.17) is 5.73 Å². The van der Waals surface area contributed by atoms with Crippen LogP contribution in [0.25, 0.3) is 0 Å².